The van der Waals surface area contributed by atoms with Crippen LogP contribution < -0.4 is 4.90 Å². The van der Waals surface area contributed by atoms with Crippen molar-refractivity contribution in [3.8, 4) is 5.75 Å². The second-order valence-corrected chi connectivity index (χ2v) is 6.38. The van der Waals surface area contributed by atoms with Gasteiger partial charge in [-0.05, 0) is 24.3 Å². The smallest absolute Gasteiger partial charge is 0.281 e. The lowest BCUT2D eigenvalue weighted by Gasteiger charge is -2.17. The summed E-state index contributed by atoms with van der Waals surface area (Å²) in [6.07, 6.45) is 3.32. The molecule has 1 aromatic carbocycles. The van der Waals surface area contributed by atoms with Crippen LogP contribution in [0.5, 0.6) is 5.75 Å². The van der Waals surface area contributed by atoms with Gasteiger partial charge in [0.1, 0.15) is 11.4 Å². The standard InChI is InChI=1S/C17H14N4O2S/c22-12-4-1-3-11(9-12)21-7-8-24-17(21)20-16(23)14-10-19-15-13(14)5-2-6-18-15/h1-6,9-10,22H,7-8H2,(H,18,19)/b20-17-. The van der Waals surface area contributed by atoms with Gasteiger partial charge in [0.25, 0.3) is 5.91 Å². The number of aromatic hydroxyl groups is 1. The van der Waals surface area contributed by atoms with Gasteiger partial charge in [-0.2, -0.15) is 4.99 Å². The molecule has 4 rings (SSSR count). The van der Waals surface area contributed by atoms with Gasteiger partial charge in [-0.1, -0.05) is 17.8 Å². The molecular formula is C17H14N4O2S. The third kappa shape index (κ3) is 2.63. The Morgan fingerprint density at radius 2 is 2.25 bits per heavy atom. The van der Waals surface area contributed by atoms with Crippen molar-refractivity contribution in [2.45, 2.75) is 0 Å². The van der Waals surface area contributed by atoms with E-state index < -0.39 is 0 Å². The topological polar surface area (TPSA) is 81.6 Å². The predicted octanol–water partition coefficient (Wildman–Crippen LogP) is 3.02. The summed E-state index contributed by atoms with van der Waals surface area (Å²) in [6.45, 7) is 0.746. The molecule has 0 bridgehead atoms. The maximum atomic E-state index is 12.6. The zero-order chi connectivity index (χ0) is 16.5. The number of aliphatic imine (C=N–C) groups is 1. The average molecular weight is 338 g/mol. The van der Waals surface area contributed by atoms with Crippen molar-refractivity contribution in [1.82, 2.24) is 9.97 Å². The second-order valence-electron chi connectivity index (χ2n) is 5.32. The Bertz CT molecular complexity index is 950. The molecule has 1 aliphatic rings. The molecule has 3 aromatic rings. The Balaban J connectivity index is 1.67. The van der Waals surface area contributed by atoms with Gasteiger partial charge in [-0.25, -0.2) is 4.98 Å². The van der Waals surface area contributed by atoms with Crippen LogP contribution in [-0.4, -0.2) is 38.4 Å². The quantitative estimate of drug-likeness (QED) is 0.751. The number of amidine groups is 1. The number of amides is 1. The van der Waals surface area contributed by atoms with Crippen LogP contribution in [0, 0.1) is 0 Å². The molecule has 1 aliphatic heterocycles. The highest BCUT2D eigenvalue weighted by Crippen LogP contribution is 2.28. The highest BCUT2D eigenvalue weighted by Gasteiger charge is 2.23. The van der Waals surface area contributed by atoms with Crippen molar-refractivity contribution in [3.63, 3.8) is 0 Å². The molecule has 2 N–H and O–H groups in total. The molecule has 0 saturated carbocycles. The van der Waals surface area contributed by atoms with Gasteiger partial charge in [0, 0.05) is 41.8 Å². The summed E-state index contributed by atoms with van der Waals surface area (Å²) in [5.41, 5.74) is 2.01. The number of thioether (sulfide) groups is 1. The molecular weight excluding hydrogens is 324 g/mol. The minimum absolute atomic E-state index is 0.192. The van der Waals surface area contributed by atoms with Crippen LogP contribution in [0.3, 0.4) is 0 Å². The molecule has 24 heavy (non-hydrogen) atoms. The molecule has 3 heterocycles. The minimum Gasteiger partial charge on any atom is -0.508 e. The van der Waals surface area contributed by atoms with Gasteiger partial charge in [0.2, 0.25) is 0 Å². The van der Waals surface area contributed by atoms with Gasteiger partial charge in [-0.3, -0.25) is 4.79 Å². The summed E-state index contributed by atoms with van der Waals surface area (Å²) in [6, 6.07) is 10.6. The third-order valence-electron chi connectivity index (χ3n) is 3.80. The summed E-state index contributed by atoms with van der Waals surface area (Å²) < 4.78 is 0. The second kappa shape index (κ2) is 6.01. The van der Waals surface area contributed by atoms with Crippen LogP contribution in [0.2, 0.25) is 0 Å². The first-order chi connectivity index (χ1) is 11.7. The Labute approximate surface area is 142 Å². The average Bonchev–Trinajstić information content (AvgIpc) is 3.21. The van der Waals surface area contributed by atoms with Crippen molar-refractivity contribution >= 4 is 39.6 Å². The van der Waals surface area contributed by atoms with Crippen LogP contribution in [0.4, 0.5) is 5.69 Å². The van der Waals surface area contributed by atoms with Crippen LogP contribution >= 0.6 is 11.8 Å². The van der Waals surface area contributed by atoms with Gasteiger partial charge in [-0.15, -0.1) is 0 Å². The number of benzene rings is 1. The fraction of sp³-hybridized carbons (Fsp3) is 0.118. The SMILES string of the molecule is O=C(/N=C1\SCCN1c1cccc(O)c1)c1c[nH]c2ncccc12. The number of rotatable bonds is 2. The first-order valence-electron chi connectivity index (χ1n) is 7.47. The van der Waals surface area contributed by atoms with E-state index in [2.05, 4.69) is 15.0 Å². The fourth-order valence-electron chi connectivity index (χ4n) is 2.67. The number of aromatic amines is 1. The molecule has 2 aromatic heterocycles. The monoisotopic (exact) mass is 338 g/mol. The fourth-order valence-corrected chi connectivity index (χ4v) is 3.63. The summed E-state index contributed by atoms with van der Waals surface area (Å²) in [7, 11) is 0. The lowest BCUT2D eigenvalue weighted by atomic mass is 10.2. The van der Waals surface area contributed by atoms with Crippen molar-refractivity contribution < 1.29 is 9.90 Å². The predicted molar refractivity (Wildman–Crippen MR) is 95.8 cm³/mol. The number of nitrogens with one attached hydrogen (secondary N) is 1. The lowest BCUT2D eigenvalue weighted by molar-refractivity contribution is 0.100. The molecule has 0 atom stereocenters. The third-order valence-corrected chi connectivity index (χ3v) is 4.75. The van der Waals surface area contributed by atoms with E-state index in [1.54, 1.807) is 36.7 Å². The summed E-state index contributed by atoms with van der Waals surface area (Å²) in [5, 5.41) is 11.1. The molecule has 1 fully saturated rings. The van der Waals surface area contributed by atoms with E-state index in [0.29, 0.717) is 16.4 Å². The van der Waals surface area contributed by atoms with Gasteiger partial charge in [0.15, 0.2) is 5.17 Å². The minimum atomic E-state index is -0.302. The van der Waals surface area contributed by atoms with E-state index in [1.807, 2.05) is 17.0 Å². The number of H-pyrrole nitrogens is 1. The van der Waals surface area contributed by atoms with Crippen LogP contribution in [0.15, 0.2) is 53.8 Å². The van der Waals surface area contributed by atoms with Gasteiger partial charge in [0.05, 0.1) is 5.56 Å². The Morgan fingerprint density at radius 3 is 3.12 bits per heavy atom. The number of fused-ring (bicyclic) bond motifs is 1. The maximum Gasteiger partial charge on any atom is 0.281 e. The molecule has 0 radical (unpaired) electrons. The number of hydrogen-bond acceptors (Lipinski definition) is 4. The number of pyridine rings is 1. The zero-order valence-electron chi connectivity index (χ0n) is 12.6. The summed E-state index contributed by atoms with van der Waals surface area (Å²) >= 11 is 1.53. The van der Waals surface area contributed by atoms with Crippen molar-refractivity contribution in [2.75, 3.05) is 17.2 Å². The number of anilines is 1. The van der Waals surface area contributed by atoms with E-state index >= 15 is 0 Å². The molecule has 1 amide bonds. The number of carbonyl (C=O) groups excluding carboxylic acids is 1. The van der Waals surface area contributed by atoms with E-state index in [4.69, 9.17) is 0 Å². The van der Waals surface area contributed by atoms with E-state index in [9.17, 15) is 9.90 Å². The number of hydrogen-bond donors (Lipinski definition) is 2. The Kier molecular flexibility index (Phi) is 3.70. The van der Waals surface area contributed by atoms with Gasteiger partial charge >= 0.3 is 0 Å². The van der Waals surface area contributed by atoms with Crippen LogP contribution in [0.1, 0.15) is 10.4 Å². The molecule has 1 saturated heterocycles. The normalized spacial score (nSPS) is 16.2. The number of aromatic nitrogens is 2. The molecule has 6 nitrogen and oxygen atoms in total. The molecule has 0 unspecified atom stereocenters. The number of carbonyl (C=O) groups is 1. The molecule has 120 valence electrons. The summed E-state index contributed by atoms with van der Waals surface area (Å²) in [5.74, 6) is 0.735. The summed E-state index contributed by atoms with van der Waals surface area (Å²) in [4.78, 5) is 26.0. The van der Waals surface area contributed by atoms with E-state index in [0.717, 1.165) is 23.4 Å². The number of phenolic OH excluding ortho intramolecular Hbond substituents is 1. The zero-order valence-corrected chi connectivity index (χ0v) is 13.5. The van der Waals surface area contributed by atoms with E-state index in [-0.39, 0.29) is 11.7 Å². The highest BCUT2D eigenvalue weighted by molar-refractivity contribution is 8.14. The van der Waals surface area contributed by atoms with Crippen LogP contribution in [-0.2, 0) is 0 Å². The molecule has 0 spiro atoms. The molecule has 0 aliphatic carbocycles. The largest absolute Gasteiger partial charge is 0.508 e. The number of nitrogens with zero attached hydrogens (tertiary/aromatic N) is 3. The first kappa shape index (κ1) is 14.8. The highest BCUT2D eigenvalue weighted by atomic mass is 32.2. The van der Waals surface area contributed by atoms with Crippen molar-refractivity contribution in [3.05, 3.63) is 54.4 Å². The first-order valence-corrected chi connectivity index (χ1v) is 8.45. The number of phenols is 1. The van der Waals surface area contributed by atoms with Crippen LogP contribution in [0.25, 0.3) is 11.0 Å². The van der Waals surface area contributed by atoms with E-state index in [1.165, 1.54) is 11.8 Å². The Hall–Kier alpha value is -2.80. The van der Waals surface area contributed by atoms with Gasteiger partial charge < -0.3 is 15.0 Å². The maximum absolute atomic E-state index is 12.6. The van der Waals surface area contributed by atoms with Crippen molar-refractivity contribution in [2.24, 2.45) is 4.99 Å². The van der Waals surface area contributed by atoms with Crippen molar-refractivity contribution in [1.29, 1.82) is 0 Å². The molecule has 7 heteroatoms. The lowest BCUT2D eigenvalue weighted by Crippen LogP contribution is -2.24. The Morgan fingerprint density at radius 1 is 1.33 bits per heavy atom.